The van der Waals surface area contributed by atoms with Gasteiger partial charge in [-0.2, -0.15) is 0 Å². The molecule has 2 nitrogen and oxygen atoms in total. The van der Waals surface area contributed by atoms with Crippen molar-refractivity contribution < 1.29 is 8.78 Å². The van der Waals surface area contributed by atoms with Crippen LogP contribution < -0.4 is 0 Å². The van der Waals surface area contributed by atoms with Gasteiger partial charge in [-0.05, 0) is 38.2 Å². The zero-order chi connectivity index (χ0) is 12.2. The molecule has 0 saturated heterocycles. The zero-order valence-corrected chi connectivity index (χ0v) is 9.87. The first-order valence-electron chi connectivity index (χ1n) is 5.70. The molecular formula is C13H14F2N2. The number of benzene rings is 1. The minimum absolute atomic E-state index is 0.336. The van der Waals surface area contributed by atoms with Crippen molar-refractivity contribution >= 4 is 10.9 Å². The lowest BCUT2D eigenvalue weighted by Crippen LogP contribution is -2.36. The van der Waals surface area contributed by atoms with Gasteiger partial charge in [0.25, 0.3) is 0 Å². The van der Waals surface area contributed by atoms with Crippen molar-refractivity contribution in [2.75, 3.05) is 14.1 Å². The molecule has 17 heavy (non-hydrogen) atoms. The van der Waals surface area contributed by atoms with E-state index in [0.717, 1.165) is 24.0 Å². The topological polar surface area (TPSA) is 8.17 Å². The maximum atomic E-state index is 13.6. The van der Waals surface area contributed by atoms with Gasteiger partial charge in [0.05, 0.1) is 5.52 Å². The highest BCUT2D eigenvalue weighted by molar-refractivity contribution is 5.84. The molecular weight excluding hydrogens is 222 g/mol. The molecule has 2 heterocycles. The van der Waals surface area contributed by atoms with Crippen molar-refractivity contribution in [2.24, 2.45) is 0 Å². The summed E-state index contributed by atoms with van der Waals surface area (Å²) in [4.78, 5) is 2.12. The summed E-state index contributed by atoms with van der Waals surface area (Å²) in [5, 5.41) is 0.400. The van der Waals surface area contributed by atoms with Crippen LogP contribution in [0.25, 0.3) is 10.9 Å². The van der Waals surface area contributed by atoms with Gasteiger partial charge in [0, 0.05) is 24.2 Å². The average Bonchev–Trinajstić information content (AvgIpc) is 2.70. The quantitative estimate of drug-likeness (QED) is 0.738. The van der Waals surface area contributed by atoms with Gasteiger partial charge in [-0.3, -0.25) is 0 Å². The van der Waals surface area contributed by atoms with Gasteiger partial charge in [0.1, 0.15) is 0 Å². The molecule has 3 rings (SSSR count). The maximum Gasteiger partial charge on any atom is 0.168 e. The molecule has 0 N–H and O–H groups in total. The van der Waals surface area contributed by atoms with Gasteiger partial charge in [-0.25, -0.2) is 8.78 Å². The zero-order valence-electron chi connectivity index (χ0n) is 9.87. The lowest BCUT2D eigenvalue weighted by molar-refractivity contribution is 0.258. The van der Waals surface area contributed by atoms with Crippen LogP contribution in [-0.4, -0.2) is 29.6 Å². The first kappa shape index (κ1) is 10.7. The molecule has 2 aromatic rings. The Bertz CT molecular complexity index is 587. The van der Waals surface area contributed by atoms with Crippen LogP contribution in [0.5, 0.6) is 0 Å². The van der Waals surface area contributed by atoms with Crippen LogP contribution in [0, 0.1) is 11.6 Å². The van der Waals surface area contributed by atoms with Crippen molar-refractivity contribution in [3.05, 3.63) is 35.5 Å². The van der Waals surface area contributed by atoms with Crippen molar-refractivity contribution in [3.63, 3.8) is 0 Å². The lowest BCUT2D eigenvalue weighted by Gasteiger charge is -2.30. The second kappa shape index (κ2) is 3.53. The SMILES string of the molecule is CN(C)[C@@H]1Cc2cc(F)c(F)c3ccn(c23)C1. The third-order valence-corrected chi connectivity index (χ3v) is 3.61. The molecule has 0 spiro atoms. The summed E-state index contributed by atoms with van der Waals surface area (Å²) in [6.07, 6.45) is 2.61. The third-order valence-electron chi connectivity index (χ3n) is 3.61. The summed E-state index contributed by atoms with van der Waals surface area (Å²) in [5.41, 5.74) is 1.75. The predicted octanol–water partition coefficient (Wildman–Crippen LogP) is 2.41. The molecule has 0 unspecified atom stereocenters. The minimum Gasteiger partial charge on any atom is -0.346 e. The third kappa shape index (κ3) is 1.47. The van der Waals surface area contributed by atoms with Crippen LogP contribution in [0.15, 0.2) is 18.3 Å². The molecule has 0 radical (unpaired) electrons. The van der Waals surface area contributed by atoms with E-state index >= 15 is 0 Å². The number of aromatic nitrogens is 1. The molecule has 0 amide bonds. The van der Waals surface area contributed by atoms with Crippen molar-refractivity contribution in [1.82, 2.24) is 9.47 Å². The summed E-state index contributed by atoms with van der Waals surface area (Å²) in [5.74, 6) is -1.48. The maximum absolute atomic E-state index is 13.6. The fraction of sp³-hybridized carbons (Fsp3) is 0.385. The highest BCUT2D eigenvalue weighted by Crippen LogP contribution is 2.30. The first-order valence-corrected chi connectivity index (χ1v) is 5.70. The van der Waals surface area contributed by atoms with Crippen LogP contribution in [0.3, 0.4) is 0 Å². The van der Waals surface area contributed by atoms with Crippen LogP contribution in [0.4, 0.5) is 8.78 Å². The molecule has 90 valence electrons. The lowest BCUT2D eigenvalue weighted by atomic mass is 9.99. The Morgan fingerprint density at radius 3 is 2.82 bits per heavy atom. The van der Waals surface area contributed by atoms with Crippen LogP contribution in [0.2, 0.25) is 0 Å². The Kier molecular flexibility index (Phi) is 2.23. The van der Waals surface area contributed by atoms with Crippen LogP contribution in [0.1, 0.15) is 5.56 Å². The molecule has 0 bridgehead atoms. The summed E-state index contributed by atoms with van der Waals surface area (Å²) in [6, 6.07) is 3.34. The first-order chi connectivity index (χ1) is 8.08. The molecule has 1 aromatic carbocycles. The minimum atomic E-state index is -0.746. The van der Waals surface area contributed by atoms with Gasteiger partial charge in [-0.15, -0.1) is 0 Å². The van der Waals surface area contributed by atoms with Crippen LogP contribution in [-0.2, 0) is 13.0 Å². The highest BCUT2D eigenvalue weighted by Gasteiger charge is 2.24. The smallest absolute Gasteiger partial charge is 0.168 e. The average molecular weight is 236 g/mol. The number of nitrogens with zero attached hydrogens (tertiary/aromatic N) is 2. The van der Waals surface area contributed by atoms with Gasteiger partial charge < -0.3 is 9.47 Å². The van der Waals surface area contributed by atoms with Crippen molar-refractivity contribution in [1.29, 1.82) is 0 Å². The molecule has 1 aliphatic heterocycles. The molecule has 0 saturated carbocycles. The van der Waals surface area contributed by atoms with E-state index in [-0.39, 0.29) is 0 Å². The largest absolute Gasteiger partial charge is 0.346 e. The molecule has 0 fully saturated rings. The number of hydrogen-bond acceptors (Lipinski definition) is 1. The Labute approximate surface area is 98.4 Å². The second-order valence-corrected chi connectivity index (χ2v) is 4.88. The van der Waals surface area contributed by atoms with E-state index in [1.165, 1.54) is 6.07 Å². The summed E-state index contributed by atoms with van der Waals surface area (Å²) >= 11 is 0. The summed E-state index contributed by atoms with van der Waals surface area (Å²) < 4.78 is 29.1. The molecule has 0 aliphatic carbocycles. The Hall–Kier alpha value is -1.42. The molecule has 1 aliphatic rings. The van der Waals surface area contributed by atoms with E-state index in [9.17, 15) is 8.78 Å². The summed E-state index contributed by atoms with van der Waals surface area (Å²) in [7, 11) is 4.02. The van der Waals surface area contributed by atoms with Crippen molar-refractivity contribution in [2.45, 2.75) is 19.0 Å². The van der Waals surface area contributed by atoms with Gasteiger partial charge in [-0.1, -0.05) is 0 Å². The normalized spacial score (nSPS) is 19.2. The Morgan fingerprint density at radius 2 is 2.12 bits per heavy atom. The van der Waals surface area contributed by atoms with E-state index in [1.54, 1.807) is 6.07 Å². The van der Waals surface area contributed by atoms with E-state index in [1.807, 2.05) is 24.9 Å². The van der Waals surface area contributed by atoms with Gasteiger partial charge in [0.2, 0.25) is 0 Å². The van der Waals surface area contributed by atoms with Crippen LogP contribution >= 0.6 is 0 Å². The number of halogens is 2. The molecule has 4 heteroatoms. The second-order valence-electron chi connectivity index (χ2n) is 4.88. The van der Waals surface area contributed by atoms with Gasteiger partial charge >= 0.3 is 0 Å². The summed E-state index contributed by atoms with van der Waals surface area (Å²) in [6.45, 7) is 0.828. The Balaban J connectivity index is 2.23. The predicted molar refractivity (Wildman–Crippen MR) is 63.0 cm³/mol. The number of likely N-dealkylation sites (N-methyl/N-ethyl adjacent to an activating group) is 1. The number of rotatable bonds is 1. The fourth-order valence-corrected chi connectivity index (χ4v) is 2.62. The van der Waals surface area contributed by atoms with Gasteiger partial charge in [0.15, 0.2) is 11.6 Å². The standard InChI is InChI=1S/C13H14F2N2/c1-16(2)9-5-8-6-11(14)12(15)10-3-4-17(7-9)13(8)10/h3-4,6,9H,5,7H2,1-2H3/t9-/m1/s1. The highest BCUT2D eigenvalue weighted by atomic mass is 19.2. The number of hydrogen-bond donors (Lipinski definition) is 0. The van der Waals surface area contributed by atoms with E-state index in [0.29, 0.717) is 11.4 Å². The van der Waals surface area contributed by atoms with Crippen molar-refractivity contribution in [3.8, 4) is 0 Å². The fourth-order valence-electron chi connectivity index (χ4n) is 2.62. The Morgan fingerprint density at radius 1 is 1.35 bits per heavy atom. The van der Waals surface area contributed by atoms with E-state index < -0.39 is 11.6 Å². The van der Waals surface area contributed by atoms with E-state index in [4.69, 9.17) is 0 Å². The van der Waals surface area contributed by atoms with E-state index in [2.05, 4.69) is 4.90 Å². The molecule has 1 aromatic heterocycles. The monoisotopic (exact) mass is 236 g/mol. The molecule has 1 atom stereocenters.